The molecule has 3 rings (SSSR count). The van der Waals surface area contributed by atoms with Gasteiger partial charge in [-0.15, -0.1) is 0 Å². The summed E-state index contributed by atoms with van der Waals surface area (Å²) in [6.45, 7) is 2.75. The summed E-state index contributed by atoms with van der Waals surface area (Å²) in [6, 6.07) is 16.9. The number of carbonyl (C=O) groups excluding carboxylic acids is 1. The van der Waals surface area contributed by atoms with E-state index in [9.17, 15) is 4.79 Å². The molecule has 6 heteroatoms. The highest BCUT2D eigenvalue weighted by atomic mass is 16.5. The number of nitrogens with one attached hydrogen (secondary N) is 2. The Hall–Kier alpha value is -3.54. The summed E-state index contributed by atoms with van der Waals surface area (Å²) in [7, 11) is 3.12. The number of benzene rings is 2. The number of aryl methyl sites for hydroxylation is 1. The van der Waals surface area contributed by atoms with Crippen molar-refractivity contribution < 1.29 is 14.3 Å². The zero-order chi connectivity index (χ0) is 19.9. The minimum absolute atomic E-state index is 0.299. The number of aromatic nitrogens is 1. The van der Waals surface area contributed by atoms with Gasteiger partial charge in [-0.3, -0.25) is 9.78 Å². The quantitative estimate of drug-likeness (QED) is 0.643. The van der Waals surface area contributed by atoms with Gasteiger partial charge in [0.1, 0.15) is 5.69 Å². The van der Waals surface area contributed by atoms with Gasteiger partial charge in [-0.1, -0.05) is 24.3 Å². The van der Waals surface area contributed by atoms with Crippen molar-refractivity contribution in [1.29, 1.82) is 0 Å². The first kappa shape index (κ1) is 19.2. The molecule has 0 fully saturated rings. The number of hydrogen-bond donors (Lipinski definition) is 2. The van der Waals surface area contributed by atoms with Crippen molar-refractivity contribution in [2.45, 2.75) is 13.5 Å². The van der Waals surface area contributed by atoms with Gasteiger partial charge in [0.2, 0.25) is 0 Å². The van der Waals surface area contributed by atoms with Crippen LogP contribution in [0.2, 0.25) is 0 Å². The molecule has 0 aliphatic carbocycles. The summed E-state index contributed by atoms with van der Waals surface area (Å²) in [4.78, 5) is 16.8. The fourth-order valence-electron chi connectivity index (χ4n) is 2.78. The minimum Gasteiger partial charge on any atom is -0.493 e. The first-order chi connectivity index (χ1) is 13.6. The maximum atomic E-state index is 12.6. The maximum absolute atomic E-state index is 12.6. The highest BCUT2D eigenvalue weighted by molar-refractivity contribution is 6.03. The van der Waals surface area contributed by atoms with E-state index in [-0.39, 0.29) is 5.91 Å². The molecule has 0 unspecified atom stereocenters. The van der Waals surface area contributed by atoms with E-state index in [1.165, 1.54) is 11.1 Å². The van der Waals surface area contributed by atoms with E-state index in [0.717, 1.165) is 5.69 Å². The van der Waals surface area contributed by atoms with Gasteiger partial charge in [-0.2, -0.15) is 0 Å². The lowest BCUT2D eigenvalue weighted by atomic mass is 10.1. The van der Waals surface area contributed by atoms with E-state index in [4.69, 9.17) is 9.47 Å². The third-order valence-corrected chi connectivity index (χ3v) is 4.38. The zero-order valence-corrected chi connectivity index (χ0v) is 16.2. The molecule has 1 amide bonds. The van der Waals surface area contributed by atoms with Crippen LogP contribution in [0.1, 0.15) is 21.6 Å². The lowest BCUT2D eigenvalue weighted by Gasteiger charge is -2.11. The number of methoxy groups -OCH3 is 2. The molecular weight excluding hydrogens is 354 g/mol. The summed E-state index contributed by atoms with van der Waals surface area (Å²) in [6.07, 6.45) is 1.61. The lowest BCUT2D eigenvalue weighted by Crippen LogP contribution is -2.14. The number of ether oxygens (including phenoxy) is 2. The Labute approximate surface area is 164 Å². The fourth-order valence-corrected chi connectivity index (χ4v) is 2.78. The summed E-state index contributed by atoms with van der Waals surface area (Å²) in [5.74, 6) is 0.842. The van der Waals surface area contributed by atoms with Crippen molar-refractivity contribution in [3.63, 3.8) is 0 Å². The van der Waals surface area contributed by atoms with E-state index in [2.05, 4.69) is 34.7 Å². The third kappa shape index (κ3) is 4.59. The van der Waals surface area contributed by atoms with E-state index >= 15 is 0 Å². The molecule has 3 aromatic rings. The highest BCUT2D eigenvalue weighted by Crippen LogP contribution is 2.29. The summed E-state index contributed by atoms with van der Waals surface area (Å²) >= 11 is 0. The molecule has 0 aliphatic heterocycles. The van der Waals surface area contributed by atoms with E-state index in [1.54, 1.807) is 44.7 Å². The standard InChI is InChI=1S/C22H23N3O3/c1-15-6-4-5-7-16(15)14-24-17-10-11-23-19(12-17)22(26)25-18-8-9-20(27-2)21(13-18)28-3/h4-13H,14H2,1-3H3,(H,23,24)(H,25,26). The van der Waals surface area contributed by atoms with Gasteiger partial charge >= 0.3 is 0 Å². The van der Waals surface area contributed by atoms with Crippen LogP contribution in [0.3, 0.4) is 0 Å². The highest BCUT2D eigenvalue weighted by Gasteiger charge is 2.11. The molecule has 1 heterocycles. The van der Waals surface area contributed by atoms with Crippen LogP contribution in [0.5, 0.6) is 11.5 Å². The van der Waals surface area contributed by atoms with Crippen molar-refractivity contribution >= 4 is 17.3 Å². The SMILES string of the molecule is COc1ccc(NC(=O)c2cc(NCc3ccccc3C)ccn2)cc1OC. The van der Waals surface area contributed by atoms with Gasteiger partial charge in [0.15, 0.2) is 11.5 Å². The average molecular weight is 377 g/mol. The topological polar surface area (TPSA) is 72.5 Å². The normalized spacial score (nSPS) is 10.2. The Morgan fingerprint density at radius 1 is 0.964 bits per heavy atom. The van der Waals surface area contributed by atoms with Crippen LogP contribution in [-0.2, 0) is 6.54 Å². The second-order valence-corrected chi connectivity index (χ2v) is 6.23. The molecule has 6 nitrogen and oxygen atoms in total. The van der Waals surface area contributed by atoms with E-state index in [1.807, 2.05) is 18.2 Å². The van der Waals surface area contributed by atoms with Gasteiger partial charge in [0, 0.05) is 30.2 Å². The molecule has 0 aliphatic rings. The Balaban J connectivity index is 1.69. The fraction of sp³-hybridized carbons (Fsp3) is 0.182. The third-order valence-electron chi connectivity index (χ3n) is 4.38. The molecule has 2 aromatic carbocycles. The van der Waals surface area contributed by atoms with Gasteiger partial charge in [0.05, 0.1) is 14.2 Å². The largest absolute Gasteiger partial charge is 0.493 e. The Kier molecular flexibility index (Phi) is 6.11. The molecule has 0 spiro atoms. The average Bonchev–Trinajstić information content (AvgIpc) is 2.73. The van der Waals surface area contributed by atoms with E-state index < -0.39 is 0 Å². The summed E-state index contributed by atoms with van der Waals surface area (Å²) < 4.78 is 10.5. The van der Waals surface area contributed by atoms with Gasteiger partial charge in [0.25, 0.3) is 5.91 Å². The number of anilines is 2. The summed E-state index contributed by atoms with van der Waals surface area (Å²) in [5, 5.41) is 6.17. The smallest absolute Gasteiger partial charge is 0.274 e. The van der Waals surface area contributed by atoms with Crippen molar-refractivity contribution in [3.05, 3.63) is 77.6 Å². The van der Waals surface area contributed by atoms with Crippen molar-refractivity contribution in [3.8, 4) is 11.5 Å². The molecule has 0 radical (unpaired) electrons. The van der Waals surface area contributed by atoms with E-state index in [0.29, 0.717) is 29.4 Å². The first-order valence-corrected chi connectivity index (χ1v) is 8.88. The van der Waals surface area contributed by atoms with Crippen molar-refractivity contribution in [2.75, 3.05) is 24.9 Å². The van der Waals surface area contributed by atoms with Crippen LogP contribution >= 0.6 is 0 Å². The van der Waals surface area contributed by atoms with Crippen LogP contribution in [0.4, 0.5) is 11.4 Å². The van der Waals surface area contributed by atoms with Crippen molar-refractivity contribution in [2.24, 2.45) is 0 Å². The maximum Gasteiger partial charge on any atom is 0.274 e. The molecule has 0 saturated carbocycles. The zero-order valence-electron chi connectivity index (χ0n) is 16.2. The van der Waals surface area contributed by atoms with Crippen LogP contribution in [0, 0.1) is 6.92 Å². The predicted octanol–water partition coefficient (Wildman–Crippen LogP) is 4.27. The molecule has 1 aromatic heterocycles. The van der Waals surface area contributed by atoms with Crippen LogP contribution in [-0.4, -0.2) is 25.1 Å². The number of hydrogen-bond acceptors (Lipinski definition) is 5. The predicted molar refractivity (Wildman–Crippen MR) is 110 cm³/mol. The van der Waals surface area contributed by atoms with Crippen LogP contribution in [0.15, 0.2) is 60.8 Å². The van der Waals surface area contributed by atoms with Gasteiger partial charge in [-0.05, 0) is 42.3 Å². The molecule has 0 bridgehead atoms. The molecular formula is C22H23N3O3. The Morgan fingerprint density at radius 3 is 2.50 bits per heavy atom. The van der Waals surface area contributed by atoms with Crippen LogP contribution in [0.25, 0.3) is 0 Å². The number of pyridine rings is 1. The molecule has 28 heavy (non-hydrogen) atoms. The molecule has 144 valence electrons. The monoisotopic (exact) mass is 377 g/mol. The Bertz CT molecular complexity index is 973. The lowest BCUT2D eigenvalue weighted by molar-refractivity contribution is 0.102. The van der Waals surface area contributed by atoms with Crippen molar-refractivity contribution in [1.82, 2.24) is 4.98 Å². The number of nitrogens with zero attached hydrogens (tertiary/aromatic N) is 1. The van der Waals surface area contributed by atoms with Gasteiger partial charge in [-0.25, -0.2) is 0 Å². The summed E-state index contributed by atoms with van der Waals surface area (Å²) in [5.41, 5.74) is 4.18. The van der Waals surface area contributed by atoms with Crippen LogP contribution < -0.4 is 20.1 Å². The van der Waals surface area contributed by atoms with Gasteiger partial charge < -0.3 is 20.1 Å². The second kappa shape index (κ2) is 8.90. The number of carbonyl (C=O) groups is 1. The molecule has 0 saturated heterocycles. The first-order valence-electron chi connectivity index (χ1n) is 8.88. The second-order valence-electron chi connectivity index (χ2n) is 6.23. The number of amides is 1. The Morgan fingerprint density at radius 2 is 1.75 bits per heavy atom. The number of rotatable bonds is 7. The minimum atomic E-state index is -0.299. The molecule has 2 N–H and O–H groups in total. The molecule has 0 atom stereocenters.